The van der Waals surface area contributed by atoms with Gasteiger partial charge in [0.05, 0.1) is 11.4 Å². The van der Waals surface area contributed by atoms with Gasteiger partial charge in [-0.3, -0.25) is 9.59 Å². The first-order valence-electron chi connectivity index (χ1n) is 11.1. The number of carbonyl (C=O) groups is 2. The lowest BCUT2D eigenvalue weighted by Gasteiger charge is -2.22. The number of halogens is 1. The number of nitrogens with zero attached hydrogens (tertiary/aromatic N) is 3. The largest absolute Gasteiger partial charge is 0.329 e. The molecule has 0 bridgehead atoms. The van der Waals surface area contributed by atoms with Crippen LogP contribution in [-0.4, -0.2) is 39.6 Å². The summed E-state index contributed by atoms with van der Waals surface area (Å²) in [5.41, 5.74) is 3.21. The van der Waals surface area contributed by atoms with Gasteiger partial charge in [-0.15, -0.1) is 0 Å². The van der Waals surface area contributed by atoms with Gasteiger partial charge in [0, 0.05) is 28.1 Å². The number of benzene rings is 2. The average molecular weight is 511 g/mol. The van der Waals surface area contributed by atoms with Crippen molar-refractivity contribution in [2.75, 3.05) is 18.4 Å². The molecule has 1 N–H and O–H groups in total. The number of aromatic nitrogens is 2. The summed E-state index contributed by atoms with van der Waals surface area (Å²) >= 11 is 3.41. The van der Waals surface area contributed by atoms with Crippen molar-refractivity contribution in [1.82, 2.24) is 14.7 Å². The summed E-state index contributed by atoms with van der Waals surface area (Å²) in [6.45, 7) is 10.7. The Morgan fingerprint density at radius 1 is 1.09 bits per heavy atom. The van der Waals surface area contributed by atoms with E-state index < -0.39 is 0 Å². The second-order valence-corrected chi connectivity index (χ2v) is 10.1. The maximum Gasteiger partial charge on any atom is 0.254 e. The summed E-state index contributed by atoms with van der Waals surface area (Å²) in [6.07, 6.45) is 0.752. The SMILES string of the molecule is CCCN(CC(=O)Nc1cc(C(C)(C)C)nn1-c1cccc(C)c1)C(=O)c1cccc(Br)c1. The van der Waals surface area contributed by atoms with Gasteiger partial charge in [-0.05, 0) is 49.2 Å². The molecular weight excluding hydrogens is 480 g/mol. The van der Waals surface area contributed by atoms with E-state index in [9.17, 15) is 9.59 Å². The maximum absolute atomic E-state index is 13.1. The molecule has 0 radical (unpaired) electrons. The Hall–Kier alpha value is -2.93. The van der Waals surface area contributed by atoms with E-state index in [-0.39, 0.29) is 23.8 Å². The number of nitrogens with one attached hydrogen (secondary N) is 1. The number of hydrogen-bond donors (Lipinski definition) is 1. The van der Waals surface area contributed by atoms with Crippen LogP contribution in [0.1, 0.15) is 55.7 Å². The molecule has 6 nitrogen and oxygen atoms in total. The van der Waals surface area contributed by atoms with E-state index >= 15 is 0 Å². The van der Waals surface area contributed by atoms with E-state index in [0.717, 1.165) is 27.8 Å². The van der Waals surface area contributed by atoms with E-state index in [1.54, 1.807) is 21.7 Å². The highest BCUT2D eigenvalue weighted by molar-refractivity contribution is 9.10. The van der Waals surface area contributed by atoms with Crippen molar-refractivity contribution in [3.8, 4) is 5.69 Å². The monoisotopic (exact) mass is 510 g/mol. The Labute approximate surface area is 204 Å². The lowest BCUT2D eigenvalue weighted by molar-refractivity contribution is -0.116. The molecule has 0 saturated heterocycles. The summed E-state index contributed by atoms with van der Waals surface area (Å²) in [5.74, 6) is 0.152. The molecule has 1 aromatic heterocycles. The normalized spacial score (nSPS) is 11.3. The quantitative estimate of drug-likeness (QED) is 0.441. The second kappa shape index (κ2) is 10.3. The minimum atomic E-state index is -0.263. The van der Waals surface area contributed by atoms with Gasteiger partial charge in [0.2, 0.25) is 5.91 Å². The van der Waals surface area contributed by atoms with Crippen LogP contribution in [0.2, 0.25) is 0 Å². The molecule has 0 aliphatic heterocycles. The van der Waals surface area contributed by atoms with Crippen LogP contribution < -0.4 is 5.32 Å². The van der Waals surface area contributed by atoms with Crippen molar-refractivity contribution in [2.45, 2.75) is 46.5 Å². The van der Waals surface area contributed by atoms with Crippen molar-refractivity contribution in [3.05, 3.63) is 75.9 Å². The molecule has 3 rings (SSSR count). The highest BCUT2D eigenvalue weighted by atomic mass is 79.9. The zero-order valence-corrected chi connectivity index (χ0v) is 21.4. The van der Waals surface area contributed by atoms with Crippen LogP contribution in [0.5, 0.6) is 0 Å². The van der Waals surface area contributed by atoms with E-state index in [2.05, 4.69) is 42.0 Å². The van der Waals surface area contributed by atoms with Crippen molar-refractivity contribution in [1.29, 1.82) is 0 Å². The fourth-order valence-electron chi connectivity index (χ4n) is 3.48. The minimum Gasteiger partial charge on any atom is -0.329 e. The average Bonchev–Trinajstić information content (AvgIpc) is 3.17. The number of amides is 2. The van der Waals surface area contributed by atoms with Gasteiger partial charge in [0.15, 0.2) is 0 Å². The molecule has 0 aliphatic carbocycles. The molecule has 33 heavy (non-hydrogen) atoms. The van der Waals surface area contributed by atoms with Crippen molar-refractivity contribution in [2.24, 2.45) is 0 Å². The third kappa shape index (κ3) is 6.32. The van der Waals surface area contributed by atoms with Crippen molar-refractivity contribution < 1.29 is 9.59 Å². The summed E-state index contributed by atoms with van der Waals surface area (Å²) in [5, 5.41) is 7.76. The van der Waals surface area contributed by atoms with Gasteiger partial charge in [-0.25, -0.2) is 4.68 Å². The molecule has 174 valence electrons. The van der Waals surface area contributed by atoms with Crippen LogP contribution in [0.4, 0.5) is 5.82 Å². The molecule has 0 unspecified atom stereocenters. The summed E-state index contributed by atoms with van der Waals surface area (Å²) < 4.78 is 2.58. The Morgan fingerprint density at radius 3 is 2.45 bits per heavy atom. The highest BCUT2D eigenvalue weighted by Crippen LogP contribution is 2.26. The molecular formula is C26H31BrN4O2. The van der Waals surface area contributed by atoms with Crippen LogP contribution >= 0.6 is 15.9 Å². The molecule has 1 heterocycles. The number of carbonyl (C=O) groups excluding carboxylic acids is 2. The Bertz CT molecular complexity index is 1150. The molecule has 0 atom stereocenters. The van der Waals surface area contributed by atoms with E-state index in [0.29, 0.717) is 17.9 Å². The van der Waals surface area contributed by atoms with Gasteiger partial charge in [0.1, 0.15) is 12.4 Å². The van der Waals surface area contributed by atoms with E-state index in [4.69, 9.17) is 5.10 Å². The predicted molar refractivity (Wildman–Crippen MR) is 136 cm³/mol. The molecule has 0 aliphatic rings. The van der Waals surface area contributed by atoms with E-state index in [1.165, 1.54) is 0 Å². The maximum atomic E-state index is 13.1. The van der Waals surface area contributed by atoms with Gasteiger partial charge < -0.3 is 10.2 Å². The molecule has 0 spiro atoms. The molecule has 7 heteroatoms. The number of aryl methyl sites for hydroxylation is 1. The van der Waals surface area contributed by atoms with Crippen LogP contribution in [0.25, 0.3) is 5.69 Å². The fraction of sp³-hybridized carbons (Fsp3) is 0.346. The van der Waals surface area contributed by atoms with Crippen molar-refractivity contribution >= 4 is 33.6 Å². The topological polar surface area (TPSA) is 67.2 Å². The lowest BCUT2D eigenvalue weighted by Crippen LogP contribution is -2.38. The zero-order chi connectivity index (χ0) is 24.2. The smallest absolute Gasteiger partial charge is 0.254 e. The van der Waals surface area contributed by atoms with Gasteiger partial charge in [-0.1, -0.05) is 61.8 Å². The third-order valence-corrected chi connectivity index (χ3v) is 5.67. The second-order valence-electron chi connectivity index (χ2n) is 9.20. The molecule has 0 saturated carbocycles. The third-order valence-electron chi connectivity index (χ3n) is 5.18. The fourth-order valence-corrected chi connectivity index (χ4v) is 3.87. The van der Waals surface area contributed by atoms with Crippen molar-refractivity contribution in [3.63, 3.8) is 0 Å². The number of anilines is 1. The highest BCUT2D eigenvalue weighted by Gasteiger charge is 2.23. The number of hydrogen-bond acceptors (Lipinski definition) is 3. The van der Waals surface area contributed by atoms with Crippen LogP contribution in [0.15, 0.2) is 59.1 Å². The van der Waals surface area contributed by atoms with Gasteiger partial charge in [-0.2, -0.15) is 5.10 Å². The zero-order valence-electron chi connectivity index (χ0n) is 19.9. The summed E-state index contributed by atoms with van der Waals surface area (Å²) in [7, 11) is 0. The Morgan fingerprint density at radius 2 is 1.82 bits per heavy atom. The molecule has 2 amide bonds. The van der Waals surface area contributed by atoms with Crippen LogP contribution in [0.3, 0.4) is 0 Å². The molecule has 3 aromatic rings. The predicted octanol–water partition coefficient (Wildman–Crippen LogP) is 5.73. The first-order valence-corrected chi connectivity index (χ1v) is 11.9. The van der Waals surface area contributed by atoms with Gasteiger partial charge in [0.25, 0.3) is 5.91 Å². The van der Waals surface area contributed by atoms with Gasteiger partial charge >= 0.3 is 0 Å². The van der Waals surface area contributed by atoms with Crippen LogP contribution in [-0.2, 0) is 10.2 Å². The summed E-state index contributed by atoms with van der Waals surface area (Å²) in [6, 6.07) is 17.1. The van der Waals surface area contributed by atoms with E-state index in [1.807, 2.05) is 56.3 Å². The first-order chi connectivity index (χ1) is 15.6. The molecule has 2 aromatic carbocycles. The standard InChI is InChI=1S/C26H31BrN4O2/c1-6-13-30(25(33)19-10-8-11-20(27)15-19)17-24(32)28-23-16-22(26(3,4)5)29-31(23)21-12-7-9-18(2)14-21/h7-12,14-16H,6,13,17H2,1-5H3,(H,28,32). The molecule has 0 fully saturated rings. The summed E-state index contributed by atoms with van der Waals surface area (Å²) in [4.78, 5) is 27.7. The first kappa shape index (κ1) is 24.7. The Balaban J connectivity index is 1.86. The minimum absolute atomic E-state index is 0.0387. The lowest BCUT2D eigenvalue weighted by atomic mass is 9.92. The number of rotatable bonds is 7. The Kier molecular flexibility index (Phi) is 7.74. The van der Waals surface area contributed by atoms with Crippen LogP contribution in [0, 0.1) is 6.92 Å².